The molecular weight excluding hydrogens is 713 g/mol. The van der Waals surface area contributed by atoms with E-state index in [1.807, 2.05) is 73.0 Å². The van der Waals surface area contributed by atoms with E-state index in [0.717, 1.165) is 9.98 Å². The Bertz CT molecular complexity index is 1790. The van der Waals surface area contributed by atoms with Crippen molar-refractivity contribution >= 4 is 44.6 Å². The Hall–Kier alpha value is -3.15. The van der Waals surface area contributed by atoms with Crippen molar-refractivity contribution in [3.05, 3.63) is 43.7 Å². The van der Waals surface area contributed by atoms with Crippen LogP contribution in [0.1, 0.15) is 59.8 Å². The molecule has 1 spiro atoms. The number of aliphatic carboxylic acids is 2. The van der Waals surface area contributed by atoms with Crippen LogP contribution in [0, 0.1) is 6.92 Å². The molecule has 0 bridgehead atoms. The summed E-state index contributed by atoms with van der Waals surface area (Å²) in [5.41, 5.74) is 2.26. The summed E-state index contributed by atoms with van der Waals surface area (Å²) in [6.45, 7) is 19.9. The highest BCUT2D eigenvalue weighted by Gasteiger charge is 2.67. The van der Waals surface area contributed by atoms with Crippen LogP contribution in [0.4, 0.5) is 0 Å². The Labute approximate surface area is 293 Å². The number of nitrogens with zero attached hydrogens (tertiary/aromatic N) is 2. The van der Waals surface area contributed by atoms with E-state index >= 15 is 0 Å². The molecule has 0 saturated carbocycles. The van der Waals surface area contributed by atoms with Crippen LogP contribution >= 0.6 is 0 Å². The Morgan fingerprint density at radius 1 is 1.06 bits per heavy atom. The number of nitrogens with two attached hydrogens (primary N) is 1. The lowest BCUT2D eigenvalue weighted by atomic mass is 9.89. The summed E-state index contributed by atoms with van der Waals surface area (Å²) in [5.74, 6) is -4.25. The zero-order valence-corrected chi connectivity index (χ0v) is 33.2. The molecule has 2 aliphatic heterocycles. The summed E-state index contributed by atoms with van der Waals surface area (Å²) < 4.78 is 53.2. The number of hydrogen-bond donors (Lipinski definition) is 4. The maximum absolute atomic E-state index is 14.1. The van der Waals surface area contributed by atoms with Crippen LogP contribution in [0.5, 0.6) is 0 Å². The average molecular weight is 763 g/mol. The number of aryl methyl sites for hydroxylation is 1. The monoisotopic (exact) mass is 762 g/mol. The molecule has 1 fully saturated rings. The number of carbonyl (C=O) groups excluding carboxylic acids is 1. The van der Waals surface area contributed by atoms with Gasteiger partial charge in [-0.15, -0.1) is 0 Å². The van der Waals surface area contributed by atoms with Crippen molar-refractivity contribution in [2.24, 2.45) is 5.73 Å². The van der Waals surface area contributed by atoms with E-state index in [9.17, 15) is 37.5 Å². The lowest BCUT2D eigenvalue weighted by Gasteiger charge is -2.43. The van der Waals surface area contributed by atoms with Gasteiger partial charge >= 0.3 is 17.6 Å². The fourth-order valence-corrected chi connectivity index (χ4v) is 8.56. The molecule has 17 nitrogen and oxygen atoms in total. The number of carbonyl (C=O) groups is 3. The third kappa shape index (κ3) is 8.15. The van der Waals surface area contributed by atoms with Gasteiger partial charge in [0.1, 0.15) is 24.8 Å². The highest BCUT2D eigenvalue weighted by Crippen LogP contribution is 2.52. The largest absolute Gasteiger partial charge is 0.481 e. The van der Waals surface area contributed by atoms with Gasteiger partial charge in [-0.05, 0) is 43.2 Å². The molecular formula is C30H50N4O13SSi2. The predicted molar refractivity (Wildman–Crippen MR) is 186 cm³/mol. The summed E-state index contributed by atoms with van der Waals surface area (Å²) >= 11 is 0. The maximum atomic E-state index is 14.1. The molecule has 1 amide bonds. The minimum Gasteiger partial charge on any atom is -0.481 e. The fraction of sp³-hybridized carbons (Fsp3) is 0.700. The second kappa shape index (κ2) is 13.8. The van der Waals surface area contributed by atoms with Crippen LogP contribution in [-0.2, 0) is 48.8 Å². The van der Waals surface area contributed by atoms with Crippen LogP contribution < -0.4 is 22.3 Å². The topological polar surface area (TPSA) is 245 Å². The van der Waals surface area contributed by atoms with Gasteiger partial charge in [-0.3, -0.25) is 23.5 Å². The van der Waals surface area contributed by atoms with Crippen LogP contribution in [0.2, 0.25) is 36.3 Å². The summed E-state index contributed by atoms with van der Waals surface area (Å²) in [6.07, 6.45) is -3.88. The third-order valence-corrected chi connectivity index (χ3v) is 20.0. The van der Waals surface area contributed by atoms with Crippen molar-refractivity contribution < 1.29 is 50.8 Å². The first kappa shape index (κ1) is 41.3. The van der Waals surface area contributed by atoms with E-state index in [-0.39, 0.29) is 22.9 Å². The van der Waals surface area contributed by atoms with E-state index in [2.05, 4.69) is 0 Å². The highest BCUT2D eigenvalue weighted by molar-refractivity contribution is 7.90. The number of carboxylic acids is 2. The van der Waals surface area contributed by atoms with Crippen molar-refractivity contribution in [1.82, 2.24) is 14.5 Å². The lowest BCUT2D eigenvalue weighted by molar-refractivity contribution is -0.147. The number of amides is 1. The molecule has 5 atom stereocenters. The Kier molecular flexibility index (Phi) is 11.4. The Morgan fingerprint density at radius 2 is 1.62 bits per heavy atom. The van der Waals surface area contributed by atoms with Gasteiger partial charge in [-0.2, -0.15) is 8.42 Å². The van der Waals surface area contributed by atoms with Crippen molar-refractivity contribution in [2.75, 3.05) is 6.61 Å². The Morgan fingerprint density at radius 3 is 2.08 bits per heavy atom. The quantitative estimate of drug-likeness (QED) is 0.175. The van der Waals surface area contributed by atoms with E-state index in [4.69, 9.17) is 28.6 Å². The molecule has 1 aromatic rings. The minimum atomic E-state index is -4.37. The number of carboxylic acid groups (broad SMARTS) is 2. The van der Waals surface area contributed by atoms with Gasteiger partial charge in [-0.1, -0.05) is 41.5 Å². The molecule has 3 heterocycles. The number of rotatable bonds is 12. The van der Waals surface area contributed by atoms with Gasteiger partial charge in [-0.25, -0.2) is 13.8 Å². The molecule has 1 aromatic heterocycles. The van der Waals surface area contributed by atoms with Gasteiger partial charge in [0.2, 0.25) is 5.91 Å². The van der Waals surface area contributed by atoms with Crippen LogP contribution in [0.3, 0.4) is 0 Å². The molecule has 3 rings (SSSR count). The van der Waals surface area contributed by atoms with E-state index < -0.39 is 104 Å². The van der Waals surface area contributed by atoms with Gasteiger partial charge in [0, 0.05) is 11.8 Å². The highest BCUT2D eigenvalue weighted by atomic mass is 32.2. The molecule has 50 heavy (non-hydrogen) atoms. The van der Waals surface area contributed by atoms with Gasteiger partial charge in [0.15, 0.2) is 28.5 Å². The molecule has 20 heteroatoms. The Balaban J connectivity index is 2.25. The molecule has 5 N–H and O–H groups in total. The van der Waals surface area contributed by atoms with Crippen molar-refractivity contribution in [3.8, 4) is 0 Å². The van der Waals surface area contributed by atoms with E-state index in [0.29, 0.717) is 4.57 Å². The van der Waals surface area contributed by atoms with Gasteiger partial charge in [0.05, 0.1) is 24.1 Å². The molecule has 2 aliphatic rings. The van der Waals surface area contributed by atoms with Crippen molar-refractivity contribution in [2.45, 2.75) is 128 Å². The number of ether oxygens (including phenoxy) is 1. The molecule has 1 unspecified atom stereocenters. The average Bonchev–Trinajstić information content (AvgIpc) is 3.36. The summed E-state index contributed by atoms with van der Waals surface area (Å²) in [4.78, 5) is 62.9. The summed E-state index contributed by atoms with van der Waals surface area (Å²) in [5, 5.41) is 20.5. The van der Waals surface area contributed by atoms with Crippen LogP contribution in [-0.4, -0.2) is 92.7 Å². The molecule has 0 radical (unpaired) electrons. The third-order valence-electron chi connectivity index (χ3n) is 10.0. The number of nitrogens with one attached hydrogen (secondary N) is 1. The second-order valence-electron chi connectivity index (χ2n) is 15.8. The fourth-order valence-electron chi connectivity index (χ4n) is 5.05. The predicted octanol–water partition coefficient (Wildman–Crippen LogP) is 1.57. The minimum absolute atomic E-state index is 0.0362. The maximum Gasteiger partial charge on any atom is 0.333 e. The smallest absolute Gasteiger partial charge is 0.333 e. The van der Waals surface area contributed by atoms with Crippen LogP contribution in [0.15, 0.2) is 26.9 Å². The molecule has 0 aliphatic carbocycles. The lowest BCUT2D eigenvalue weighted by Crippen LogP contribution is -2.59. The molecule has 0 aromatic carbocycles. The first-order valence-corrected chi connectivity index (χ1v) is 23.2. The standard InChI is InChI=1S/C30H50N4O13SSi2/c1-17-13-34(27(41)33(24(17)38)14-21(35)32-18(26(39)40)12-22(36)37)25-23(46-50(10,11)29(5,6)7)30(19(31)16-48(42,43)47-30)20(45-25)15-44-49(8,9)28(2,3)4/h13,16,18,20,23,25H,12,14-15,31H2,1-11H3,(H,32,35)(H,36,37)(H,39,40)/t18-,20+,23-,25+,30?/m0/s1. The first-order valence-electron chi connectivity index (χ1n) is 15.9. The number of aromatic nitrogens is 2. The molecule has 1 saturated heterocycles. The van der Waals surface area contributed by atoms with Crippen LogP contribution in [0.25, 0.3) is 0 Å². The van der Waals surface area contributed by atoms with Crippen molar-refractivity contribution in [3.63, 3.8) is 0 Å². The van der Waals surface area contributed by atoms with E-state index in [1.165, 1.54) is 13.1 Å². The first-order chi connectivity index (χ1) is 22.5. The second-order valence-corrected chi connectivity index (χ2v) is 26.7. The van der Waals surface area contributed by atoms with Crippen molar-refractivity contribution in [1.29, 1.82) is 0 Å². The summed E-state index contributed by atoms with van der Waals surface area (Å²) in [7, 11) is -9.75. The number of hydrogen-bond acceptors (Lipinski definition) is 12. The van der Waals surface area contributed by atoms with E-state index in [1.54, 1.807) is 0 Å². The zero-order valence-electron chi connectivity index (χ0n) is 30.4. The normalized spacial score (nSPS) is 24.6. The van der Waals surface area contributed by atoms with Gasteiger partial charge in [0.25, 0.3) is 15.7 Å². The molecule has 282 valence electrons. The zero-order chi connectivity index (χ0) is 38.6. The van der Waals surface area contributed by atoms with Gasteiger partial charge < -0.3 is 34.9 Å². The SMILES string of the molecule is Cc1cn([C@@H]2O[C@H](CO[Si](C)(C)C(C)(C)C)C3(OS(=O)(=O)C=C3N)[C@H]2O[Si](C)(C)C(C)(C)C)c(=O)n(CC(=O)N[C@@H](CC(=O)O)C(=O)O)c1=O. The summed E-state index contributed by atoms with van der Waals surface area (Å²) in [6, 6.07) is -1.83.